The molecule has 1 heterocycles. The summed E-state index contributed by atoms with van der Waals surface area (Å²) in [7, 11) is 1.73. The van der Waals surface area contributed by atoms with Gasteiger partial charge in [0.15, 0.2) is 5.96 Å². The number of esters is 1. The predicted octanol–water partition coefficient (Wildman–Crippen LogP) is 2.05. The number of ether oxygens (including phenoxy) is 1. The third kappa shape index (κ3) is 7.67. The van der Waals surface area contributed by atoms with Crippen LogP contribution in [0.4, 0.5) is 0 Å². The molecule has 0 radical (unpaired) electrons. The number of carbonyl (C=O) groups is 2. The van der Waals surface area contributed by atoms with Gasteiger partial charge in [0.25, 0.3) is 0 Å². The molecule has 0 aromatic carbocycles. The van der Waals surface area contributed by atoms with E-state index in [0.29, 0.717) is 19.4 Å². The van der Waals surface area contributed by atoms with Crippen LogP contribution in [0, 0.1) is 0 Å². The lowest BCUT2D eigenvalue weighted by atomic mass is 10.2. The number of aliphatic imine (C=N–C) groups is 1. The number of likely N-dealkylation sites (tertiary alicyclic amines) is 1. The average molecular weight is 480 g/mol. The predicted molar refractivity (Wildman–Crippen MR) is 113 cm³/mol. The number of nitrogens with one attached hydrogen (secondary N) is 2. The molecule has 0 bridgehead atoms. The molecule has 1 aliphatic heterocycles. The summed E-state index contributed by atoms with van der Waals surface area (Å²) < 4.78 is 5.45. The van der Waals surface area contributed by atoms with Crippen molar-refractivity contribution in [1.29, 1.82) is 0 Å². The second-order valence-corrected chi connectivity index (χ2v) is 6.82. The van der Waals surface area contributed by atoms with Crippen LogP contribution in [0.5, 0.6) is 0 Å². The van der Waals surface area contributed by atoms with Crippen molar-refractivity contribution in [2.24, 2.45) is 4.99 Å². The van der Waals surface area contributed by atoms with Gasteiger partial charge in [-0.25, -0.2) is 0 Å². The molecule has 1 atom stereocenters. The first-order valence-electron chi connectivity index (χ1n) is 9.56. The van der Waals surface area contributed by atoms with Crippen LogP contribution in [0.1, 0.15) is 58.3 Å². The van der Waals surface area contributed by atoms with Gasteiger partial charge in [-0.2, -0.15) is 0 Å². The Morgan fingerprint density at radius 3 is 2.62 bits per heavy atom. The first-order valence-corrected chi connectivity index (χ1v) is 9.56. The zero-order chi connectivity index (χ0) is 18.1. The van der Waals surface area contributed by atoms with Crippen molar-refractivity contribution in [2.75, 3.05) is 26.7 Å². The van der Waals surface area contributed by atoms with E-state index in [-0.39, 0.29) is 48.0 Å². The van der Waals surface area contributed by atoms with Crippen molar-refractivity contribution < 1.29 is 14.3 Å². The van der Waals surface area contributed by atoms with E-state index in [9.17, 15) is 9.59 Å². The van der Waals surface area contributed by atoms with Gasteiger partial charge in [-0.3, -0.25) is 14.6 Å². The van der Waals surface area contributed by atoms with E-state index in [1.54, 1.807) is 7.05 Å². The van der Waals surface area contributed by atoms with Crippen LogP contribution in [0.3, 0.4) is 0 Å². The van der Waals surface area contributed by atoms with Gasteiger partial charge in [-0.1, -0.05) is 6.92 Å². The Kier molecular flexibility index (Phi) is 10.9. The first-order chi connectivity index (χ1) is 12.1. The summed E-state index contributed by atoms with van der Waals surface area (Å²) in [4.78, 5) is 29.6. The van der Waals surface area contributed by atoms with Crippen LogP contribution in [-0.2, 0) is 14.3 Å². The van der Waals surface area contributed by atoms with E-state index in [2.05, 4.69) is 15.6 Å². The lowest BCUT2D eigenvalue weighted by Crippen LogP contribution is -2.45. The maximum atomic E-state index is 11.8. The highest BCUT2D eigenvalue weighted by Gasteiger charge is 2.25. The fourth-order valence-corrected chi connectivity index (χ4v) is 3.41. The summed E-state index contributed by atoms with van der Waals surface area (Å²) in [5.41, 5.74) is 0. The number of rotatable bonds is 7. The fourth-order valence-electron chi connectivity index (χ4n) is 3.41. The highest BCUT2D eigenvalue weighted by atomic mass is 127. The molecule has 150 valence electrons. The molecule has 0 aromatic rings. The van der Waals surface area contributed by atoms with Crippen molar-refractivity contribution >= 4 is 41.8 Å². The molecule has 1 saturated heterocycles. The third-order valence-corrected chi connectivity index (χ3v) is 4.86. The minimum atomic E-state index is -0.0961. The number of amides is 1. The summed E-state index contributed by atoms with van der Waals surface area (Å²) in [6, 6.07) is 0.231. The number of guanidine groups is 1. The molecule has 1 saturated carbocycles. The zero-order valence-corrected chi connectivity index (χ0v) is 18.3. The molecule has 2 rings (SSSR count). The average Bonchev–Trinajstić information content (AvgIpc) is 3.28. The number of halogens is 1. The Hall–Kier alpha value is -1.06. The van der Waals surface area contributed by atoms with Crippen LogP contribution in [0.2, 0.25) is 0 Å². The van der Waals surface area contributed by atoms with Crippen LogP contribution in [-0.4, -0.2) is 61.6 Å². The van der Waals surface area contributed by atoms with Gasteiger partial charge >= 0.3 is 5.97 Å². The molecule has 2 aliphatic rings. The Bertz CT molecular complexity index is 481. The molecule has 8 heteroatoms. The highest BCUT2D eigenvalue weighted by molar-refractivity contribution is 14.0. The van der Waals surface area contributed by atoms with Crippen molar-refractivity contribution in [1.82, 2.24) is 15.5 Å². The summed E-state index contributed by atoms with van der Waals surface area (Å²) in [6.07, 6.45) is 7.15. The molecule has 26 heavy (non-hydrogen) atoms. The maximum absolute atomic E-state index is 11.8. The van der Waals surface area contributed by atoms with E-state index in [4.69, 9.17) is 4.74 Å². The molecular formula is C18H33IN4O3. The lowest BCUT2D eigenvalue weighted by Gasteiger charge is -2.18. The Morgan fingerprint density at radius 1 is 1.23 bits per heavy atom. The van der Waals surface area contributed by atoms with Crippen LogP contribution >= 0.6 is 24.0 Å². The van der Waals surface area contributed by atoms with Crippen molar-refractivity contribution in [3.63, 3.8) is 0 Å². The van der Waals surface area contributed by atoms with Gasteiger partial charge in [-0.15, -0.1) is 24.0 Å². The normalized spacial score (nSPS) is 20.6. The number of hydrogen-bond acceptors (Lipinski definition) is 4. The van der Waals surface area contributed by atoms with E-state index in [1.165, 1.54) is 12.8 Å². The van der Waals surface area contributed by atoms with Crippen molar-refractivity contribution in [2.45, 2.75) is 70.4 Å². The summed E-state index contributed by atoms with van der Waals surface area (Å²) >= 11 is 0. The standard InChI is InChI=1S/C18H32N4O3.HI/c1-3-16(23)22-12-10-14(13-22)21-18(19-2)20-11-6-9-17(24)25-15-7-4-5-8-15;/h14-15H,3-13H2,1-2H3,(H2,19,20,21);1H. The SMILES string of the molecule is CCC(=O)N1CCC(NC(=NC)NCCCC(=O)OC2CCCC2)C1.I. The van der Waals surface area contributed by atoms with Gasteiger partial charge in [0.05, 0.1) is 0 Å². The lowest BCUT2D eigenvalue weighted by molar-refractivity contribution is -0.148. The van der Waals surface area contributed by atoms with E-state index >= 15 is 0 Å². The van der Waals surface area contributed by atoms with Gasteiger partial charge in [0.2, 0.25) is 5.91 Å². The van der Waals surface area contributed by atoms with Gasteiger partial charge in [0.1, 0.15) is 6.10 Å². The van der Waals surface area contributed by atoms with E-state index in [0.717, 1.165) is 44.7 Å². The highest BCUT2D eigenvalue weighted by Crippen LogP contribution is 2.21. The Morgan fingerprint density at radius 2 is 1.96 bits per heavy atom. The van der Waals surface area contributed by atoms with Crippen molar-refractivity contribution in [3.8, 4) is 0 Å². The fraction of sp³-hybridized carbons (Fsp3) is 0.833. The molecule has 2 N–H and O–H groups in total. The van der Waals surface area contributed by atoms with E-state index in [1.807, 2.05) is 11.8 Å². The number of nitrogens with zero attached hydrogens (tertiary/aromatic N) is 2. The summed E-state index contributed by atoms with van der Waals surface area (Å²) in [5, 5.41) is 6.58. The van der Waals surface area contributed by atoms with Crippen LogP contribution in [0.25, 0.3) is 0 Å². The quantitative estimate of drug-likeness (QED) is 0.192. The second-order valence-electron chi connectivity index (χ2n) is 6.82. The molecule has 2 fully saturated rings. The molecule has 1 unspecified atom stereocenters. The van der Waals surface area contributed by atoms with Crippen LogP contribution in [0.15, 0.2) is 4.99 Å². The molecule has 1 aliphatic carbocycles. The number of carbonyl (C=O) groups excluding carboxylic acids is 2. The summed E-state index contributed by atoms with van der Waals surface area (Å²) in [5.74, 6) is 0.828. The van der Waals surface area contributed by atoms with Gasteiger partial charge in [0, 0.05) is 45.6 Å². The minimum absolute atomic E-state index is 0. The molecule has 0 spiro atoms. The Labute approximate surface area is 173 Å². The topological polar surface area (TPSA) is 83.0 Å². The molecular weight excluding hydrogens is 447 g/mol. The third-order valence-electron chi connectivity index (χ3n) is 4.86. The minimum Gasteiger partial charge on any atom is -0.462 e. The van der Waals surface area contributed by atoms with E-state index < -0.39 is 0 Å². The Balaban J connectivity index is 0.00000338. The first kappa shape index (κ1) is 23.0. The monoisotopic (exact) mass is 480 g/mol. The number of hydrogen-bond donors (Lipinski definition) is 2. The smallest absolute Gasteiger partial charge is 0.306 e. The zero-order valence-electron chi connectivity index (χ0n) is 16.0. The molecule has 7 nitrogen and oxygen atoms in total. The maximum Gasteiger partial charge on any atom is 0.306 e. The second kappa shape index (κ2) is 12.3. The van der Waals surface area contributed by atoms with Crippen molar-refractivity contribution in [3.05, 3.63) is 0 Å². The van der Waals surface area contributed by atoms with Gasteiger partial charge in [-0.05, 0) is 38.5 Å². The largest absolute Gasteiger partial charge is 0.462 e. The summed E-state index contributed by atoms with van der Waals surface area (Å²) in [6.45, 7) is 4.08. The molecule has 0 aromatic heterocycles. The molecule has 1 amide bonds. The van der Waals surface area contributed by atoms with Crippen LogP contribution < -0.4 is 10.6 Å². The van der Waals surface area contributed by atoms with Gasteiger partial charge < -0.3 is 20.3 Å².